The molecule has 0 spiro atoms. The molecule has 2 rings (SSSR count). The Hall–Kier alpha value is -1.10. The number of rotatable bonds is 6. The Morgan fingerprint density at radius 2 is 2.17 bits per heavy atom. The van der Waals surface area contributed by atoms with Gasteiger partial charge in [-0.2, -0.15) is 0 Å². The van der Waals surface area contributed by atoms with Crippen LogP contribution in [0, 0.1) is 0 Å². The van der Waals surface area contributed by atoms with Gasteiger partial charge < -0.3 is 15.2 Å². The molecule has 4 nitrogen and oxygen atoms in total. The minimum atomic E-state index is 0.371. The molecule has 4 heteroatoms. The van der Waals surface area contributed by atoms with Gasteiger partial charge in [-0.1, -0.05) is 18.2 Å². The van der Waals surface area contributed by atoms with E-state index < -0.39 is 0 Å². The van der Waals surface area contributed by atoms with E-state index in [1.807, 2.05) is 30.3 Å². The Kier molecular flexibility index (Phi) is 5.45. The normalized spacial score (nSPS) is 20.8. The van der Waals surface area contributed by atoms with Crippen molar-refractivity contribution in [1.82, 2.24) is 4.90 Å². The zero-order chi connectivity index (χ0) is 12.6. The number of nitrogens with two attached hydrogens (primary N) is 1. The molecule has 1 unspecified atom stereocenters. The summed E-state index contributed by atoms with van der Waals surface area (Å²) in [5.74, 6) is 0.940. The van der Waals surface area contributed by atoms with Crippen molar-refractivity contribution in [2.24, 2.45) is 5.73 Å². The standard InChI is InChI=1S/C14H22N2O2/c15-11-13-12-17-10-8-16(13)7-4-9-18-14-5-2-1-3-6-14/h1-3,5-6,13H,4,7-12,15H2. The fourth-order valence-electron chi connectivity index (χ4n) is 2.18. The maximum Gasteiger partial charge on any atom is 0.119 e. The predicted octanol–water partition coefficient (Wildman–Crippen LogP) is 1.11. The summed E-state index contributed by atoms with van der Waals surface area (Å²) in [6, 6.07) is 10.3. The molecule has 1 aliphatic heterocycles. The second-order valence-corrected chi connectivity index (χ2v) is 4.52. The van der Waals surface area contributed by atoms with Crippen LogP contribution in [0.5, 0.6) is 5.75 Å². The van der Waals surface area contributed by atoms with E-state index in [-0.39, 0.29) is 0 Å². The van der Waals surface area contributed by atoms with E-state index in [1.54, 1.807) is 0 Å². The summed E-state index contributed by atoms with van der Waals surface area (Å²) < 4.78 is 11.1. The van der Waals surface area contributed by atoms with Gasteiger partial charge in [0.05, 0.1) is 19.8 Å². The van der Waals surface area contributed by atoms with E-state index in [0.29, 0.717) is 12.6 Å². The van der Waals surface area contributed by atoms with Gasteiger partial charge in [0.2, 0.25) is 0 Å². The molecule has 1 fully saturated rings. The molecule has 0 saturated carbocycles. The average molecular weight is 250 g/mol. The first-order chi connectivity index (χ1) is 8.90. The van der Waals surface area contributed by atoms with Gasteiger partial charge >= 0.3 is 0 Å². The van der Waals surface area contributed by atoms with E-state index in [4.69, 9.17) is 15.2 Å². The molecular formula is C14H22N2O2. The van der Waals surface area contributed by atoms with Crippen LogP contribution in [0.3, 0.4) is 0 Å². The van der Waals surface area contributed by atoms with Gasteiger partial charge in [-0.05, 0) is 18.6 Å². The van der Waals surface area contributed by atoms with Crippen LogP contribution >= 0.6 is 0 Å². The van der Waals surface area contributed by atoms with E-state index in [0.717, 1.165) is 45.1 Å². The first kappa shape index (κ1) is 13.3. The van der Waals surface area contributed by atoms with Crippen LogP contribution in [0.15, 0.2) is 30.3 Å². The van der Waals surface area contributed by atoms with Gasteiger partial charge in [-0.25, -0.2) is 0 Å². The van der Waals surface area contributed by atoms with Crippen LogP contribution < -0.4 is 10.5 Å². The van der Waals surface area contributed by atoms with Crippen molar-refractivity contribution < 1.29 is 9.47 Å². The molecule has 2 N–H and O–H groups in total. The Balaban J connectivity index is 1.65. The van der Waals surface area contributed by atoms with Crippen LogP contribution in [0.2, 0.25) is 0 Å². The third-order valence-corrected chi connectivity index (χ3v) is 3.22. The number of ether oxygens (including phenoxy) is 2. The molecule has 18 heavy (non-hydrogen) atoms. The Morgan fingerprint density at radius 1 is 1.33 bits per heavy atom. The average Bonchev–Trinajstić information content (AvgIpc) is 2.45. The van der Waals surface area contributed by atoms with Crippen LogP contribution in [0.25, 0.3) is 0 Å². The lowest BCUT2D eigenvalue weighted by Crippen LogP contribution is -2.49. The molecule has 0 radical (unpaired) electrons. The molecule has 1 aliphatic rings. The first-order valence-corrected chi connectivity index (χ1v) is 6.60. The predicted molar refractivity (Wildman–Crippen MR) is 71.8 cm³/mol. The van der Waals surface area contributed by atoms with Gasteiger partial charge in [0.1, 0.15) is 5.75 Å². The van der Waals surface area contributed by atoms with Crippen molar-refractivity contribution in [3.05, 3.63) is 30.3 Å². The highest BCUT2D eigenvalue weighted by Gasteiger charge is 2.20. The number of benzene rings is 1. The first-order valence-electron chi connectivity index (χ1n) is 6.60. The molecule has 0 bridgehead atoms. The monoisotopic (exact) mass is 250 g/mol. The van der Waals surface area contributed by atoms with Gasteiger partial charge in [-0.15, -0.1) is 0 Å². The zero-order valence-corrected chi connectivity index (χ0v) is 10.8. The summed E-state index contributed by atoms with van der Waals surface area (Å²) in [5, 5.41) is 0. The van der Waals surface area contributed by atoms with E-state index in [1.165, 1.54) is 0 Å². The molecule has 0 aromatic heterocycles. The number of hydrogen-bond donors (Lipinski definition) is 1. The lowest BCUT2D eigenvalue weighted by Gasteiger charge is -2.34. The molecule has 1 atom stereocenters. The summed E-state index contributed by atoms with van der Waals surface area (Å²) in [6.45, 7) is 5.00. The van der Waals surface area contributed by atoms with Crippen molar-refractivity contribution in [2.75, 3.05) is 39.5 Å². The molecule has 1 aromatic rings. The van der Waals surface area contributed by atoms with Crippen LogP contribution in [0.4, 0.5) is 0 Å². The van der Waals surface area contributed by atoms with E-state index in [9.17, 15) is 0 Å². The Bertz CT molecular complexity index is 332. The minimum absolute atomic E-state index is 0.371. The number of morpholine rings is 1. The molecule has 1 saturated heterocycles. The topological polar surface area (TPSA) is 47.7 Å². The largest absolute Gasteiger partial charge is 0.494 e. The highest BCUT2D eigenvalue weighted by molar-refractivity contribution is 5.20. The SMILES string of the molecule is NCC1COCCN1CCCOc1ccccc1. The second-order valence-electron chi connectivity index (χ2n) is 4.52. The highest BCUT2D eigenvalue weighted by Crippen LogP contribution is 2.10. The second kappa shape index (κ2) is 7.36. The third kappa shape index (κ3) is 3.98. The summed E-state index contributed by atoms with van der Waals surface area (Å²) >= 11 is 0. The summed E-state index contributed by atoms with van der Waals surface area (Å²) in [4.78, 5) is 2.40. The smallest absolute Gasteiger partial charge is 0.119 e. The van der Waals surface area contributed by atoms with Crippen molar-refractivity contribution in [1.29, 1.82) is 0 Å². The molecular weight excluding hydrogens is 228 g/mol. The minimum Gasteiger partial charge on any atom is -0.494 e. The number of para-hydroxylation sites is 1. The van der Waals surface area contributed by atoms with Gasteiger partial charge in [0.25, 0.3) is 0 Å². The van der Waals surface area contributed by atoms with Crippen molar-refractivity contribution in [3.63, 3.8) is 0 Å². The van der Waals surface area contributed by atoms with E-state index in [2.05, 4.69) is 4.90 Å². The molecule has 1 aromatic carbocycles. The molecule has 100 valence electrons. The van der Waals surface area contributed by atoms with Gasteiger partial charge in [0.15, 0.2) is 0 Å². The Morgan fingerprint density at radius 3 is 2.94 bits per heavy atom. The number of nitrogens with zero attached hydrogens (tertiary/aromatic N) is 1. The fourth-order valence-corrected chi connectivity index (χ4v) is 2.18. The summed E-state index contributed by atoms with van der Waals surface area (Å²) in [7, 11) is 0. The van der Waals surface area contributed by atoms with Crippen molar-refractivity contribution in [2.45, 2.75) is 12.5 Å². The fraction of sp³-hybridized carbons (Fsp3) is 0.571. The lowest BCUT2D eigenvalue weighted by molar-refractivity contribution is -0.00552. The summed E-state index contributed by atoms with van der Waals surface area (Å²) in [6.07, 6.45) is 1.02. The maximum absolute atomic E-state index is 5.74. The molecule has 1 heterocycles. The molecule has 0 aliphatic carbocycles. The van der Waals surface area contributed by atoms with Crippen LogP contribution in [-0.2, 0) is 4.74 Å². The van der Waals surface area contributed by atoms with Crippen molar-refractivity contribution in [3.8, 4) is 5.75 Å². The lowest BCUT2D eigenvalue weighted by atomic mass is 10.2. The maximum atomic E-state index is 5.74. The van der Waals surface area contributed by atoms with Gasteiger partial charge in [0, 0.05) is 25.7 Å². The highest BCUT2D eigenvalue weighted by atomic mass is 16.5. The van der Waals surface area contributed by atoms with E-state index >= 15 is 0 Å². The Labute approximate surface area is 109 Å². The zero-order valence-electron chi connectivity index (χ0n) is 10.8. The number of hydrogen-bond acceptors (Lipinski definition) is 4. The van der Waals surface area contributed by atoms with Crippen molar-refractivity contribution >= 4 is 0 Å². The van der Waals surface area contributed by atoms with Crippen LogP contribution in [0.1, 0.15) is 6.42 Å². The molecule has 0 amide bonds. The summed E-state index contributed by atoms with van der Waals surface area (Å²) in [5.41, 5.74) is 5.74. The van der Waals surface area contributed by atoms with Gasteiger partial charge in [-0.3, -0.25) is 4.90 Å². The van der Waals surface area contributed by atoms with Crippen LogP contribution in [-0.4, -0.2) is 50.4 Å². The third-order valence-electron chi connectivity index (χ3n) is 3.22. The quantitative estimate of drug-likeness (QED) is 0.769.